The van der Waals surface area contributed by atoms with Gasteiger partial charge in [0, 0.05) is 10.5 Å². The number of aldehydes is 1. The molecule has 0 saturated heterocycles. The first-order chi connectivity index (χ1) is 7.92. The van der Waals surface area contributed by atoms with Gasteiger partial charge in [0.25, 0.3) is 0 Å². The molecule has 0 aliphatic heterocycles. The Labute approximate surface area is 106 Å². The fourth-order valence-corrected chi connectivity index (χ4v) is 2.01. The van der Waals surface area contributed by atoms with Gasteiger partial charge in [0.1, 0.15) is 5.60 Å². The quantitative estimate of drug-likeness (QED) is 0.469. The molecule has 1 aromatic carbocycles. The number of carbonyl (C=O) groups excluding carboxylic acids is 2. The van der Waals surface area contributed by atoms with Crippen LogP contribution in [-0.4, -0.2) is 23.6 Å². The molecule has 0 radical (unpaired) electrons. The summed E-state index contributed by atoms with van der Waals surface area (Å²) in [6.45, 7) is 5.48. The van der Waals surface area contributed by atoms with E-state index in [4.69, 9.17) is 4.74 Å². The number of esters is 1. The molecule has 0 amide bonds. The smallest absolute Gasteiger partial charge is 0.316 e. The van der Waals surface area contributed by atoms with Crippen molar-refractivity contribution in [2.45, 2.75) is 31.3 Å². The van der Waals surface area contributed by atoms with Gasteiger partial charge < -0.3 is 4.74 Å². The van der Waals surface area contributed by atoms with E-state index in [1.54, 1.807) is 12.1 Å². The predicted octanol–water partition coefficient (Wildman–Crippen LogP) is 2.93. The van der Waals surface area contributed by atoms with Gasteiger partial charge in [-0.05, 0) is 26.8 Å². The molecule has 0 atom stereocenters. The summed E-state index contributed by atoms with van der Waals surface area (Å²) in [6, 6.07) is 7.18. The van der Waals surface area contributed by atoms with E-state index in [2.05, 4.69) is 0 Å². The number of rotatable bonds is 4. The van der Waals surface area contributed by atoms with E-state index < -0.39 is 5.60 Å². The monoisotopic (exact) mass is 252 g/mol. The zero-order valence-corrected chi connectivity index (χ0v) is 11.0. The highest BCUT2D eigenvalue weighted by atomic mass is 32.2. The number of ether oxygens (including phenoxy) is 1. The second-order valence-electron chi connectivity index (χ2n) is 4.53. The van der Waals surface area contributed by atoms with Crippen LogP contribution < -0.4 is 0 Å². The minimum Gasteiger partial charge on any atom is -0.459 e. The normalized spacial score (nSPS) is 11.0. The zero-order chi connectivity index (χ0) is 12.9. The first kappa shape index (κ1) is 13.8. The molecule has 0 saturated carbocycles. The average Bonchev–Trinajstić information content (AvgIpc) is 2.24. The number of benzene rings is 1. The van der Waals surface area contributed by atoms with Crippen LogP contribution in [0.2, 0.25) is 0 Å². The summed E-state index contributed by atoms with van der Waals surface area (Å²) in [4.78, 5) is 23.1. The zero-order valence-electron chi connectivity index (χ0n) is 10.2. The molecular formula is C13H16O3S. The molecule has 92 valence electrons. The minimum atomic E-state index is -0.470. The van der Waals surface area contributed by atoms with Crippen molar-refractivity contribution >= 4 is 24.0 Å². The highest BCUT2D eigenvalue weighted by molar-refractivity contribution is 8.00. The molecule has 0 bridgehead atoms. The predicted molar refractivity (Wildman–Crippen MR) is 68.4 cm³/mol. The van der Waals surface area contributed by atoms with Gasteiger partial charge in [-0.25, -0.2) is 0 Å². The van der Waals surface area contributed by atoms with Crippen LogP contribution in [0.15, 0.2) is 29.2 Å². The third-order valence-electron chi connectivity index (χ3n) is 1.81. The van der Waals surface area contributed by atoms with Crippen molar-refractivity contribution in [3.8, 4) is 0 Å². The Hall–Kier alpha value is -1.29. The molecule has 0 aliphatic rings. The van der Waals surface area contributed by atoms with Gasteiger partial charge in [-0.2, -0.15) is 0 Å². The first-order valence-corrected chi connectivity index (χ1v) is 6.30. The second-order valence-corrected chi connectivity index (χ2v) is 5.55. The van der Waals surface area contributed by atoms with E-state index in [0.717, 1.165) is 11.2 Å². The standard InChI is InChI=1S/C13H16O3S/c1-13(2,3)16-12(15)9-17-11-7-5-4-6-10(11)8-14/h4-8H,9H2,1-3H3. The summed E-state index contributed by atoms with van der Waals surface area (Å²) in [5.41, 5.74) is 0.128. The lowest BCUT2D eigenvalue weighted by molar-refractivity contribution is -0.151. The molecule has 0 N–H and O–H groups in total. The number of thioether (sulfide) groups is 1. The maximum absolute atomic E-state index is 11.5. The summed E-state index contributed by atoms with van der Waals surface area (Å²) in [5.74, 6) is -0.0644. The van der Waals surface area contributed by atoms with Gasteiger partial charge in [0.15, 0.2) is 6.29 Å². The van der Waals surface area contributed by atoms with Crippen molar-refractivity contribution in [3.63, 3.8) is 0 Å². The average molecular weight is 252 g/mol. The third kappa shape index (κ3) is 5.04. The molecule has 0 fully saturated rings. The van der Waals surface area contributed by atoms with Crippen LogP contribution in [0.3, 0.4) is 0 Å². The molecule has 0 aromatic heterocycles. The van der Waals surface area contributed by atoms with Gasteiger partial charge in [0.2, 0.25) is 0 Å². The Balaban J connectivity index is 2.56. The molecule has 1 aromatic rings. The van der Waals surface area contributed by atoms with Crippen LogP contribution >= 0.6 is 11.8 Å². The molecule has 0 heterocycles. The molecule has 0 aliphatic carbocycles. The van der Waals surface area contributed by atoms with Crippen molar-refractivity contribution in [3.05, 3.63) is 29.8 Å². The van der Waals surface area contributed by atoms with Gasteiger partial charge in [-0.3, -0.25) is 9.59 Å². The van der Waals surface area contributed by atoms with E-state index in [1.165, 1.54) is 11.8 Å². The van der Waals surface area contributed by atoms with Gasteiger partial charge in [-0.15, -0.1) is 11.8 Å². The van der Waals surface area contributed by atoms with Crippen LogP contribution in [0.4, 0.5) is 0 Å². The van der Waals surface area contributed by atoms with Crippen molar-refractivity contribution in [1.82, 2.24) is 0 Å². The lowest BCUT2D eigenvalue weighted by Gasteiger charge is -2.19. The highest BCUT2D eigenvalue weighted by Gasteiger charge is 2.16. The van der Waals surface area contributed by atoms with E-state index in [0.29, 0.717) is 5.56 Å². The topological polar surface area (TPSA) is 43.4 Å². The summed E-state index contributed by atoms with van der Waals surface area (Å²) in [5, 5.41) is 0. The third-order valence-corrected chi connectivity index (χ3v) is 2.87. The van der Waals surface area contributed by atoms with E-state index in [-0.39, 0.29) is 11.7 Å². The SMILES string of the molecule is CC(C)(C)OC(=O)CSc1ccccc1C=O. The second kappa shape index (κ2) is 5.87. The lowest BCUT2D eigenvalue weighted by Crippen LogP contribution is -2.24. The largest absolute Gasteiger partial charge is 0.459 e. The summed E-state index contributed by atoms with van der Waals surface area (Å²) >= 11 is 1.31. The lowest BCUT2D eigenvalue weighted by atomic mass is 10.2. The summed E-state index contributed by atoms with van der Waals surface area (Å²) in [7, 11) is 0. The van der Waals surface area contributed by atoms with Crippen LogP contribution in [0, 0.1) is 0 Å². The van der Waals surface area contributed by atoms with Gasteiger partial charge in [-0.1, -0.05) is 18.2 Å². The Morgan fingerprint density at radius 3 is 2.59 bits per heavy atom. The molecule has 3 nitrogen and oxygen atoms in total. The Kier molecular flexibility index (Phi) is 4.75. The van der Waals surface area contributed by atoms with E-state index in [1.807, 2.05) is 32.9 Å². The van der Waals surface area contributed by atoms with Crippen LogP contribution in [0.5, 0.6) is 0 Å². The van der Waals surface area contributed by atoms with E-state index in [9.17, 15) is 9.59 Å². The Bertz CT molecular complexity index is 407. The first-order valence-electron chi connectivity index (χ1n) is 5.31. The number of hydrogen-bond donors (Lipinski definition) is 0. The van der Waals surface area contributed by atoms with Crippen LogP contribution in [-0.2, 0) is 9.53 Å². The molecule has 0 unspecified atom stereocenters. The highest BCUT2D eigenvalue weighted by Crippen LogP contribution is 2.22. The maximum Gasteiger partial charge on any atom is 0.316 e. The van der Waals surface area contributed by atoms with Gasteiger partial charge >= 0.3 is 5.97 Å². The Morgan fingerprint density at radius 1 is 1.35 bits per heavy atom. The van der Waals surface area contributed by atoms with Crippen LogP contribution in [0.25, 0.3) is 0 Å². The van der Waals surface area contributed by atoms with Crippen molar-refractivity contribution in [2.75, 3.05) is 5.75 Å². The fourth-order valence-electron chi connectivity index (χ4n) is 1.22. The van der Waals surface area contributed by atoms with Crippen molar-refractivity contribution in [1.29, 1.82) is 0 Å². The Morgan fingerprint density at radius 2 is 2.00 bits per heavy atom. The number of hydrogen-bond acceptors (Lipinski definition) is 4. The number of carbonyl (C=O) groups is 2. The molecule has 1 rings (SSSR count). The van der Waals surface area contributed by atoms with Crippen molar-refractivity contribution in [2.24, 2.45) is 0 Å². The van der Waals surface area contributed by atoms with Crippen molar-refractivity contribution < 1.29 is 14.3 Å². The van der Waals surface area contributed by atoms with Crippen LogP contribution in [0.1, 0.15) is 31.1 Å². The molecule has 0 spiro atoms. The fraction of sp³-hybridized carbons (Fsp3) is 0.385. The summed E-state index contributed by atoms with van der Waals surface area (Å²) < 4.78 is 5.18. The van der Waals surface area contributed by atoms with Gasteiger partial charge in [0.05, 0.1) is 5.75 Å². The summed E-state index contributed by atoms with van der Waals surface area (Å²) in [6.07, 6.45) is 0.789. The maximum atomic E-state index is 11.5. The molecule has 17 heavy (non-hydrogen) atoms. The van der Waals surface area contributed by atoms with E-state index >= 15 is 0 Å². The minimum absolute atomic E-state index is 0.210. The molecular weight excluding hydrogens is 236 g/mol. The molecule has 4 heteroatoms.